The Morgan fingerprint density at radius 3 is 2.58 bits per heavy atom. The number of anilines is 2. The molecule has 1 atom stereocenters. The van der Waals surface area contributed by atoms with Gasteiger partial charge in [0.05, 0.1) is 25.6 Å². The number of hydrogen-bond donors (Lipinski definition) is 1. The molecule has 0 spiro atoms. The van der Waals surface area contributed by atoms with Crippen molar-refractivity contribution < 1.29 is 19.1 Å². The molecule has 0 radical (unpaired) electrons. The third kappa shape index (κ3) is 5.26. The van der Waals surface area contributed by atoms with Crippen LogP contribution in [-0.4, -0.2) is 32.6 Å². The molecular formula is C25H23ClN2O4S. The van der Waals surface area contributed by atoms with Gasteiger partial charge in [0.2, 0.25) is 11.8 Å². The highest BCUT2D eigenvalue weighted by Crippen LogP contribution is 2.45. The van der Waals surface area contributed by atoms with E-state index in [9.17, 15) is 9.59 Å². The van der Waals surface area contributed by atoms with Crippen LogP contribution in [0.3, 0.4) is 0 Å². The van der Waals surface area contributed by atoms with Gasteiger partial charge in [0.15, 0.2) is 0 Å². The molecule has 0 aromatic heterocycles. The number of benzene rings is 3. The van der Waals surface area contributed by atoms with Crippen LogP contribution in [0.15, 0.2) is 71.6 Å². The van der Waals surface area contributed by atoms with Gasteiger partial charge in [-0.15, -0.1) is 11.8 Å². The quantitative estimate of drug-likeness (QED) is 0.497. The average molecular weight is 483 g/mol. The van der Waals surface area contributed by atoms with Crippen molar-refractivity contribution in [2.45, 2.75) is 16.6 Å². The smallest absolute Gasteiger partial charge is 0.244 e. The maximum Gasteiger partial charge on any atom is 0.244 e. The van der Waals surface area contributed by atoms with E-state index in [1.54, 1.807) is 37.1 Å². The third-order valence-electron chi connectivity index (χ3n) is 5.31. The Morgan fingerprint density at radius 2 is 1.85 bits per heavy atom. The lowest BCUT2D eigenvalue weighted by Crippen LogP contribution is -2.38. The molecule has 0 bridgehead atoms. The third-order valence-corrected chi connectivity index (χ3v) is 6.87. The SMILES string of the molecule is COc1ccc([C@@H]2CC(=O)N(CC(=O)Nc3cc(Cl)ccc3OC)c3ccccc3S2)cc1. The Kier molecular flexibility index (Phi) is 7.11. The second kappa shape index (κ2) is 10.2. The molecule has 0 unspecified atom stereocenters. The number of nitrogens with zero attached hydrogens (tertiary/aromatic N) is 1. The number of hydrogen-bond acceptors (Lipinski definition) is 5. The molecule has 3 aromatic rings. The number of amides is 2. The molecule has 6 nitrogen and oxygen atoms in total. The Morgan fingerprint density at radius 1 is 1.09 bits per heavy atom. The lowest BCUT2D eigenvalue weighted by atomic mass is 10.1. The van der Waals surface area contributed by atoms with Gasteiger partial charge >= 0.3 is 0 Å². The van der Waals surface area contributed by atoms with Crippen molar-refractivity contribution >= 4 is 46.6 Å². The maximum absolute atomic E-state index is 13.3. The molecule has 4 rings (SSSR count). The number of halogens is 1. The van der Waals surface area contributed by atoms with Crippen LogP contribution < -0.4 is 19.7 Å². The summed E-state index contributed by atoms with van der Waals surface area (Å²) in [6.45, 7) is -0.124. The molecule has 1 N–H and O–H groups in total. The minimum atomic E-state index is -0.341. The summed E-state index contributed by atoms with van der Waals surface area (Å²) in [6.07, 6.45) is 0.263. The standard InChI is InChI=1S/C25H23ClN2O4S/c1-31-18-10-7-16(8-11-18)23-14-25(30)28(20-5-3-4-6-22(20)33-23)15-24(29)27-19-13-17(26)9-12-21(19)32-2/h3-13,23H,14-15H2,1-2H3,(H,27,29)/t23-/m0/s1. The zero-order valence-electron chi connectivity index (χ0n) is 18.2. The first-order valence-electron chi connectivity index (χ1n) is 10.3. The highest BCUT2D eigenvalue weighted by molar-refractivity contribution is 7.99. The molecule has 33 heavy (non-hydrogen) atoms. The molecule has 0 saturated heterocycles. The molecule has 0 aliphatic carbocycles. The molecule has 170 valence electrons. The second-order valence-corrected chi connectivity index (χ2v) is 9.11. The van der Waals surface area contributed by atoms with Crippen molar-refractivity contribution in [2.75, 3.05) is 31.0 Å². The molecule has 0 saturated carbocycles. The normalized spacial score (nSPS) is 15.4. The predicted molar refractivity (Wildman–Crippen MR) is 132 cm³/mol. The van der Waals surface area contributed by atoms with Gasteiger partial charge in [-0.3, -0.25) is 9.59 Å². The van der Waals surface area contributed by atoms with Crippen LogP contribution in [0.2, 0.25) is 5.02 Å². The van der Waals surface area contributed by atoms with Crippen molar-refractivity contribution in [1.82, 2.24) is 0 Å². The summed E-state index contributed by atoms with van der Waals surface area (Å²) in [7, 11) is 3.14. The minimum Gasteiger partial charge on any atom is -0.497 e. The Labute approximate surface area is 201 Å². The number of fused-ring (bicyclic) bond motifs is 1. The van der Waals surface area contributed by atoms with Crippen molar-refractivity contribution in [3.8, 4) is 11.5 Å². The molecule has 8 heteroatoms. The van der Waals surface area contributed by atoms with Crippen LogP contribution in [0.25, 0.3) is 0 Å². The summed E-state index contributed by atoms with van der Waals surface area (Å²) in [6, 6.07) is 20.3. The first-order chi connectivity index (χ1) is 16.0. The van der Waals surface area contributed by atoms with Crippen LogP contribution in [0.5, 0.6) is 11.5 Å². The highest BCUT2D eigenvalue weighted by Gasteiger charge is 2.30. The number of methoxy groups -OCH3 is 2. The van der Waals surface area contributed by atoms with E-state index in [1.807, 2.05) is 48.5 Å². The molecule has 0 fully saturated rings. The number of ether oxygens (including phenoxy) is 2. The van der Waals surface area contributed by atoms with Gasteiger partial charge in [0, 0.05) is 21.6 Å². The lowest BCUT2D eigenvalue weighted by molar-refractivity contribution is -0.121. The molecular weight excluding hydrogens is 460 g/mol. The van der Waals surface area contributed by atoms with E-state index in [1.165, 1.54) is 12.0 Å². The van der Waals surface area contributed by atoms with E-state index in [4.69, 9.17) is 21.1 Å². The van der Waals surface area contributed by atoms with Gasteiger partial charge in [-0.05, 0) is 48.0 Å². The van der Waals surface area contributed by atoms with Gasteiger partial charge in [-0.1, -0.05) is 35.9 Å². The zero-order chi connectivity index (χ0) is 23.4. The number of thioether (sulfide) groups is 1. The van der Waals surface area contributed by atoms with E-state index in [0.29, 0.717) is 16.5 Å². The van der Waals surface area contributed by atoms with Crippen LogP contribution in [0.4, 0.5) is 11.4 Å². The number of carbonyl (C=O) groups excluding carboxylic acids is 2. The van der Waals surface area contributed by atoms with E-state index >= 15 is 0 Å². The molecule has 3 aromatic carbocycles. The van der Waals surface area contributed by atoms with Crippen molar-refractivity contribution in [3.05, 3.63) is 77.3 Å². The second-order valence-electron chi connectivity index (χ2n) is 7.42. The minimum absolute atomic E-state index is 0.0781. The topological polar surface area (TPSA) is 67.9 Å². The molecule has 1 heterocycles. The monoisotopic (exact) mass is 482 g/mol. The summed E-state index contributed by atoms with van der Waals surface area (Å²) >= 11 is 7.69. The van der Waals surface area contributed by atoms with E-state index in [2.05, 4.69) is 5.32 Å². The number of nitrogens with one attached hydrogen (secondary N) is 1. The summed E-state index contributed by atoms with van der Waals surface area (Å²) in [5, 5.41) is 3.21. The fraction of sp³-hybridized carbons (Fsp3) is 0.200. The van der Waals surface area contributed by atoms with Gasteiger partial charge in [0.25, 0.3) is 0 Å². The van der Waals surface area contributed by atoms with E-state index in [-0.39, 0.29) is 30.0 Å². The van der Waals surface area contributed by atoms with Gasteiger partial charge < -0.3 is 19.7 Å². The van der Waals surface area contributed by atoms with Crippen LogP contribution >= 0.6 is 23.4 Å². The fourth-order valence-electron chi connectivity index (χ4n) is 3.67. The van der Waals surface area contributed by atoms with E-state index < -0.39 is 0 Å². The number of carbonyl (C=O) groups is 2. The van der Waals surface area contributed by atoms with Crippen LogP contribution in [-0.2, 0) is 9.59 Å². The number of para-hydroxylation sites is 1. The summed E-state index contributed by atoms with van der Waals surface area (Å²) < 4.78 is 10.6. The average Bonchev–Trinajstić information content (AvgIpc) is 2.96. The van der Waals surface area contributed by atoms with Crippen molar-refractivity contribution in [3.63, 3.8) is 0 Å². The van der Waals surface area contributed by atoms with E-state index in [0.717, 1.165) is 21.9 Å². The predicted octanol–water partition coefficient (Wildman–Crippen LogP) is 5.57. The number of rotatable bonds is 6. The Bertz CT molecular complexity index is 1170. The zero-order valence-corrected chi connectivity index (χ0v) is 19.8. The molecule has 2 amide bonds. The van der Waals surface area contributed by atoms with Gasteiger partial charge in [-0.25, -0.2) is 0 Å². The Hall–Kier alpha value is -3.16. The first-order valence-corrected chi connectivity index (χ1v) is 11.6. The van der Waals surface area contributed by atoms with Gasteiger partial charge in [-0.2, -0.15) is 0 Å². The fourth-order valence-corrected chi connectivity index (χ4v) is 5.12. The lowest BCUT2D eigenvalue weighted by Gasteiger charge is -2.22. The summed E-state index contributed by atoms with van der Waals surface area (Å²) in [5.41, 5.74) is 2.20. The van der Waals surface area contributed by atoms with Crippen LogP contribution in [0, 0.1) is 0 Å². The Balaban J connectivity index is 1.58. The van der Waals surface area contributed by atoms with Crippen molar-refractivity contribution in [1.29, 1.82) is 0 Å². The highest BCUT2D eigenvalue weighted by atomic mass is 35.5. The summed E-state index contributed by atoms with van der Waals surface area (Å²) in [4.78, 5) is 28.7. The van der Waals surface area contributed by atoms with Crippen LogP contribution in [0.1, 0.15) is 17.2 Å². The largest absolute Gasteiger partial charge is 0.497 e. The van der Waals surface area contributed by atoms with Crippen molar-refractivity contribution in [2.24, 2.45) is 0 Å². The molecule has 1 aliphatic heterocycles. The molecule has 1 aliphatic rings. The summed E-state index contributed by atoms with van der Waals surface area (Å²) in [5.74, 6) is 0.789. The first kappa shape index (κ1) is 23.0. The van der Waals surface area contributed by atoms with Gasteiger partial charge in [0.1, 0.15) is 18.0 Å². The maximum atomic E-state index is 13.3.